The normalized spacial score (nSPS) is 11.3. The number of anilines is 1. The van der Waals surface area contributed by atoms with E-state index in [1.165, 1.54) is 18.2 Å². The zero-order valence-corrected chi connectivity index (χ0v) is 16.7. The molecule has 3 aromatic rings. The van der Waals surface area contributed by atoms with E-state index in [-0.39, 0.29) is 10.8 Å². The minimum atomic E-state index is -3.33. The third-order valence-corrected chi connectivity index (χ3v) is 5.17. The summed E-state index contributed by atoms with van der Waals surface area (Å²) in [5.41, 5.74) is 2.31. The lowest BCUT2D eigenvalue weighted by Crippen LogP contribution is -2.08. The van der Waals surface area contributed by atoms with Crippen LogP contribution in [0, 0.1) is 0 Å². The number of hydrogen-bond donors (Lipinski definition) is 1. The van der Waals surface area contributed by atoms with Crippen LogP contribution in [0.3, 0.4) is 0 Å². The van der Waals surface area contributed by atoms with Crippen molar-refractivity contribution in [1.82, 2.24) is 0 Å². The van der Waals surface area contributed by atoms with Gasteiger partial charge in [0.15, 0.2) is 9.84 Å². The van der Waals surface area contributed by atoms with Crippen LogP contribution in [0.25, 0.3) is 6.08 Å². The fourth-order valence-electron chi connectivity index (χ4n) is 2.61. The highest BCUT2D eigenvalue weighted by Gasteiger charge is 2.08. The first-order valence-electron chi connectivity index (χ1n) is 8.96. The van der Waals surface area contributed by atoms with Crippen LogP contribution in [0.1, 0.15) is 11.1 Å². The molecular formula is C23H21NO4S. The number of ether oxygens (including phenoxy) is 1. The lowest BCUT2D eigenvalue weighted by molar-refractivity contribution is -0.111. The molecule has 5 nitrogen and oxygen atoms in total. The Morgan fingerprint density at radius 1 is 0.966 bits per heavy atom. The number of hydrogen-bond acceptors (Lipinski definition) is 4. The molecule has 6 heteroatoms. The Kier molecular flexibility index (Phi) is 6.46. The van der Waals surface area contributed by atoms with Gasteiger partial charge >= 0.3 is 0 Å². The highest BCUT2D eigenvalue weighted by atomic mass is 32.2. The zero-order chi connectivity index (χ0) is 20.7. The van der Waals surface area contributed by atoms with E-state index in [0.717, 1.165) is 17.4 Å². The average molecular weight is 407 g/mol. The quantitative estimate of drug-likeness (QED) is 0.592. The zero-order valence-electron chi connectivity index (χ0n) is 15.9. The van der Waals surface area contributed by atoms with Crippen molar-refractivity contribution in [2.75, 3.05) is 11.6 Å². The topological polar surface area (TPSA) is 72.5 Å². The van der Waals surface area contributed by atoms with Gasteiger partial charge in [-0.25, -0.2) is 8.42 Å². The van der Waals surface area contributed by atoms with Crippen LogP contribution < -0.4 is 10.1 Å². The standard InChI is InChI=1S/C23H21NO4S/c1-29(26,27)22-12-6-10-20(16-22)24-23(25)14-13-18-9-5-11-21(15-18)28-17-19-7-3-2-4-8-19/h2-16H,17H2,1H3,(H,24,25)/b14-13+. The molecule has 0 atom stereocenters. The van der Waals surface area contributed by atoms with Crippen molar-refractivity contribution in [3.8, 4) is 5.75 Å². The Bertz CT molecular complexity index is 1120. The van der Waals surface area contributed by atoms with E-state index < -0.39 is 9.84 Å². The molecule has 29 heavy (non-hydrogen) atoms. The van der Waals surface area contributed by atoms with E-state index in [4.69, 9.17) is 4.74 Å². The molecule has 0 radical (unpaired) electrons. The molecule has 0 bridgehead atoms. The van der Waals surface area contributed by atoms with Gasteiger partial charge in [0, 0.05) is 18.0 Å². The van der Waals surface area contributed by atoms with E-state index in [1.807, 2.05) is 54.6 Å². The average Bonchev–Trinajstić information content (AvgIpc) is 2.71. The number of sulfone groups is 1. The molecule has 0 aliphatic carbocycles. The molecule has 148 valence electrons. The van der Waals surface area contributed by atoms with Crippen LogP contribution in [0.5, 0.6) is 5.75 Å². The van der Waals surface area contributed by atoms with Gasteiger partial charge in [0.2, 0.25) is 5.91 Å². The fourth-order valence-corrected chi connectivity index (χ4v) is 3.28. The molecule has 0 saturated carbocycles. The predicted molar refractivity (Wildman–Crippen MR) is 114 cm³/mol. The molecule has 0 aliphatic heterocycles. The van der Waals surface area contributed by atoms with Crippen LogP contribution in [-0.4, -0.2) is 20.6 Å². The summed E-state index contributed by atoms with van der Waals surface area (Å²) in [5, 5.41) is 2.66. The highest BCUT2D eigenvalue weighted by Crippen LogP contribution is 2.17. The SMILES string of the molecule is CS(=O)(=O)c1cccc(NC(=O)/C=C/c2cccc(OCc3ccccc3)c2)c1. The highest BCUT2D eigenvalue weighted by molar-refractivity contribution is 7.90. The van der Waals surface area contributed by atoms with E-state index in [0.29, 0.717) is 18.0 Å². The third-order valence-electron chi connectivity index (χ3n) is 4.06. The second kappa shape index (κ2) is 9.21. The van der Waals surface area contributed by atoms with Gasteiger partial charge in [-0.2, -0.15) is 0 Å². The molecule has 0 aliphatic rings. The van der Waals surface area contributed by atoms with Crippen LogP contribution in [0.15, 0.2) is 89.8 Å². The van der Waals surface area contributed by atoms with Crippen molar-refractivity contribution in [1.29, 1.82) is 0 Å². The predicted octanol–water partition coefficient (Wildman–Crippen LogP) is 4.32. The number of carbonyl (C=O) groups excluding carboxylic acids is 1. The van der Waals surface area contributed by atoms with Gasteiger partial charge in [-0.15, -0.1) is 0 Å². The number of amides is 1. The smallest absolute Gasteiger partial charge is 0.248 e. The Balaban J connectivity index is 1.61. The Morgan fingerprint density at radius 3 is 2.48 bits per heavy atom. The molecule has 3 aromatic carbocycles. The number of nitrogens with one attached hydrogen (secondary N) is 1. The lowest BCUT2D eigenvalue weighted by Gasteiger charge is -2.07. The first kappa shape index (κ1) is 20.4. The van der Waals surface area contributed by atoms with Gasteiger partial charge in [-0.05, 0) is 47.5 Å². The lowest BCUT2D eigenvalue weighted by atomic mass is 10.2. The van der Waals surface area contributed by atoms with Crippen LogP contribution in [0.2, 0.25) is 0 Å². The maximum atomic E-state index is 12.2. The van der Waals surface area contributed by atoms with E-state index in [1.54, 1.807) is 18.2 Å². The van der Waals surface area contributed by atoms with E-state index >= 15 is 0 Å². The summed E-state index contributed by atoms with van der Waals surface area (Å²) < 4.78 is 29.0. The van der Waals surface area contributed by atoms with Crippen molar-refractivity contribution in [2.24, 2.45) is 0 Å². The maximum absolute atomic E-state index is 12.2. The van der Waals surface area contributed by atoms with Gasteiger partial charge in [-0.1, -0.05) is 48.5 Å². The Hall–Kier alpha value is -3.38. The first-order chi connectivity index (χ1) is 13.9. The summed E-state index contributed by atoms with van der Waals surface area (Å²) in [7, 11) is -3.33. The number of benzene rings is 3. The molecule has 0 spiro atoms. The van der Waals surface area contributed by atoms with Crippen LogP contribution in [0.4, 0.5) is 5.69 Å². The van der Waals surface area contributed by atoms with Crippen molar-refractivity contribution < 1.29 is 17.9 Å². The molecule has 0 saturated heterocycles. The summed E-state index contributed by atoms with van der Waals surface area (Å²) in [6, 6.07) is 23.4. The molecule has 0 fully saturated rings. The van der Waals surface area contributed by atoms with E-state index in [2.05, 4.69) is 5.32 Å². The monoisotopic (exact) mass is 407 g/mol. The summed E-state index contributed by atoms with van der Waals surface area (Å²) in [5.74, 6) is 0.350. The molecular weight excluding hydrogens is 386 g/mol. The van der Waals surface area contributed by atoms with Gasteiger partial charge in [0.05, 0.1) is 4.90 Å². The molecule has 0 aromatic heterocycles. The largest absolute Gasteiger partial charge is 0.489 e. The summed E-state index contributed by atoms with van der Waals surface area (Å²) >= 11 is 0. The third kappa shape index (κ3) is 6.33. The summed E-state index contributed by atoms with van der Waals surface area (Å²) in [6.45, 7) is 0.463. The van der Waals surface area contributed by atoms with Crippen molar-refractivity contribution in [3.63, 3.8) is 0 Å². The first-order valence-corrected chi connectivity index (χ1v) is 10.9. The van der Waals surface area contributed by atoms with Crippen molar-refractivity contribution >= 4 is 27.5 Å². The molecule has 3 rings (SSSR count). The van der Waals surface area contributed by atoms with Crippen LogP contribution in [-0.2, 0) is 21.2 Å². The molecule has 1 amide bonds. The van der Waals surface area contributed by atoms with E-state index in [9.17, 15) is 13.2 Å². The van der Waals surface area contributed by atoms with Gasteiger partial charge in [0.25, 0.3) is 0 Å². The van der Waals surface area contributed by atoms with Crippen molar-refractivity contribution in [3.05, 3.63) is 96.1 Å². The molecule has 0 heterocycles. The Labute approximate surface area is 170 Å². The minimum Gasteiger partial charge on any atom is -0.489 e. The maximum Gasteiger partial charge on any atom is 0.248 e. The van der Waals surface area contributed by atoms with Gasteiger partial charge in [0.1, 0.15) is 12.4 Å². The second-order valence-electron chi connectivity index (χ2n) is 6.47. The molecule has 0 unspecified atom stereocenters. The van der Waals surface area contributed by atoms with Gasteiger partial charge in [-0.3, -0.25) is 4.79 Å². The minimum absolute atomic E-state index is 0.155. The summed E-state index contributed by atoms with van der Waals surface area (Å²) in [4.78, 5) is 12.3. The Morgan fingerprint density at radius 2 is 1.72 bits per heavy atom. The summed E-state index contributed by atoms with van der Waals surface area (Å²) in [6.07, 6.45) is 4.19. The fraction of sp³-hybridized carbons (Fsp3) is 0.0870. The molecule has 1 N–H and O–H groups in total. The number of carbonyl (C=O) groups is 1. The van der Waals surface area contributed by atoms with Gasteiger partial charge < -0.3 is 10.1 Å². The number of rotatable bonds is 7. The van der Waals surface area contributed by atoms with Crippen LogP contribution >= 0.6 is 0 Å². The van der Waals surface area contributed by atoms with Crippen molar-refractivity contribution in [2.45, 2.75) is 11.5 Å². The second-order valence-corrected chi connectivity index (χ2v) is 8.49.